The third-order valence-corrected chi connectivity index (χ3v) is 6.20. The van der Waals surface area contributed by atoms with E-state index in [9.17, 15) is 14.9 Å². The van der Waals surface area contributed by atoms with E-state index in [0.717, 1.165) is 21.6 Å². The van der Waals surface area contributed by atoms with E-state index in [-0.39, 0.29) is 18.7 Å². The van der Waals surface area contributed by atoms with Crippen molar-refractivity contribution in [3.05, 3.63) is 116 Å². The Labute approximate surface area is 213 Å². The molecule has 0 fully saturated rings. The number of carbonyl (C=O) groups excluding carboxylic acids is 2. The average molecular weight is 503 g/mol. The number of hydrogen-bond acceptors (Lipinski definition) is 4. The Bertz CT molecular complexity index is 1390. The summed E-state index contributed by atoms with van der Waals surface area (Å²) in [5.74, 6) is -0.396. The Morgan fingerprint density at radius 1 is 0.971 bits per heavy atom. The predicted molar refractivity (Wildman–Crippen MR) is 136 cm³/mol. The van der Waals surface area contributed by atoms with E-state index in [1.165, 1.54) is 0 Å². The predicted octanol–water partition coefficient (Wildman–Crippen LogP) is 6.36. The van der Waals surface area contributed by atoms with E-state index in [0.29, 0.717) is 26.9 Å². The van der Waals surface area contributed by atoms with Crippen molar-refractivity contribution in [2.75, 3.05) is 0 Å². The van der Waals surface area contributed by atoms with Gasteiger partial charge in [0.1, 0.15) is 24.0 Å². The highest BCUT2D eigenvalue weighted by Gasteiger charge is 2.35. The summed E-state index contributed by atoms with van der Waals surface area (Å²) in [5.41, 5.74) is 2.97. The fourth-order valence-corrected chi connectivity index (χ4v) is 4.13. The molecular weight excluding hydrogens is 483 g/mol. The van der Waals surface area contributed by atoms with Crippen LogP contribution in [0, 0.1) is 11.3 Å². The maximum atomic E-state index is 13.2. The van der Waals surface area contributed by atoms with Crippen LogP contribution < -0.4 is 4.74 Å². The lowest BCUT2D eigenvalue weighted by Gasteiger charge is -2.27. The molecule has 4 rings (SSSR count). The van der Waals surface area contributed by atoms with Crippen molar-refractivity contribution in [3.63, 3.8) is 0 Å². The summed E-state index contributed by atoms with van der Waals surface area (Å²) in [7, 11) is 0. The average Bonchev–Trinajstić information content (AvgIpc) is 2.86. The van der Waals surface area contributed by atoms with Gasteiger partial charge in [-0.2, -0.15) is 5.26 Å². The van der Waals surface area contributed by atoms with Gasteiger partial charge in [-0.1, -0.05) is 71.7 Å². The zero-order chi connectivity index (χ0) is 24.9. The standard InChI is InChI=1S/C28H20Cl2N2O3/c1-18-24(27(33)32(28(34)25(18)15-31)16-20-5-3-2-4-6-20)13-19-7-11-23(12-8-19)35-17-21-9-10-22(29)14-26(21)30/h2-14H,16-17H2,1H3/b24-13+. The molecule has 0 atom stereocenters. The van der Waals surface area contributed by atoms with Crippen LogP contribution >= 0.6 is 23.2 Å². The maximum Gasteiger partial charge on any atom is 0.271 e. The minimum Gasteiger partial charge on any atom is -0.489 e. The number of imide groups is 1. The number of nitrogens with zero attached hydrogens (tertiary/aromatic N) is 2. The van der Waals surface area contributed by atoms with Crippen LogP contribution in [0.25, 0.3) is 6.08 Å². The van der Waals surface area contributed by atoms with Gasteiger partial charge >= 0.3 is 0 Å². The van der Waals surface area contributed by atoms with Gasteiger partial charge in [-0.3, -0.25) is 14.5 Å². The van der Waals surface area contributed by atoms with Crippen molar-refractivity contribution < 1.29 is 14.3 Å². The number of amides is 2. The van der Waals surface area contributed by atoms with E-state index in [1.807, 2.05) is 42.5 Å². The van der Waals surface area contributed by atoms with Gasteiger partial charge in [-0.05, 0) is 54.0 Å². The molecule has 0 bridgehead atoms. The van der Waals surface area contributed by atoms with Gasteiger partial charge < -0.3 is 4.74 Å². The molecule has 0 spiro atoms. The van der Waals surface area contributed by atoms with Gasteiger partial charge in [-0.25, -0.2) is 0 Å². The molecule has 174 valence electrons. The number of rotatable bonds is 6. The van der Waals surface area contributed by atoms with E-state index in [4.69, 9.17) is 27.9 Å². The summed E-state index contributed by atoms with van der Waals surface area (Å²) in [4.78, 5) is 27.2. The monoisotopic (exact) mass is 502 g/mol. The van der Waals surface area contributed by atoms with Crippen LogP contribution in [0.4, 0.5) is 0 Å². The molecule has 7 heteroatoms. The zero-order valence-corrected chi connectivity index (χ0v) is 20.3. The van der Waals surface area contributed by atoms with Crippen LogP contribution in [-0.4, -0.2) is 16.7 Å². The van der Waals surface area contributed by atoms with Gasteiger partial charge in [0.2, 0.25) is 0 Å². The highest BCUT2D eigenvalue weighted by atomic mass is 35.5. The van der Waals surface area contributed by atoms with Crippen molar-refractivity contribution in [1.82, 2.24) is 4.90 Å². The molecule has 2 amide bonds. The number of hydrogen-bond donors (Lipinski definition) is 0. The summed E-state index contributed by atoms with van der Waals surface area (Å²) in [6, 6.07) is 23.5. The highest BCUT2D eigenvalue weighted by molar-refractivity contribution is 6.35. The van der Waals surface area contributed by atoms with Crippen LogP contribution in [-0.2, 0) is 22.7 Å². The summed E-state index contributed by atoms with van der Waals surface area (Å²) in [6.45, 7) is 1.99. The number of ether oxygens (including phenoxy) is 1. The summed E-state index contributed by atoms with van der Waals surface area (Å²) in [6.07, 6.45) is 1.68. The molecule has 3 aromatic rings. The second-order valence-electron chi connectivity index (χ2n) is 7.95. The molecule has 0 saturated carbocycles. The van der Waals surface area contributed by atoms with Gasteiger partial charge in [0.25, 0.3) is 11.8 Å². The van der Waals surface area contributed by atoms with Gasteiger partial charge in [0.05, 0.1) is 6.54 Å². The third kappa shape index (κ3) is 5.46. The first-order valence-corrected chi connectivity index (χ1v) is 11.5. The molecule has 3 aromatic carbocycles. The summed E-state index contributed by atoms with van der Waals surface area (Å²) in [5, 5.41) is 10.7. The van der Waals surface area contributed by atoms with Crippen molar-refractivity contribution in [2.45, 2.75) is 20.1 Å². The Hall–Kier alpha value is -3.85. The summed E-state index contributed by atoms with van der Waals surface area (Å²) >= 11 is 12.1. The van der Waals surface area contributed by atoms with Gasteiger partial charge in [0.15, 0.2) is 0 Å². The van der Waals surface area contributed by atoms with Crippen LogP contribution in [0.15, 0.2) is 89.5 Å². The van der Waals surface area contributed by atoms with Crippen molar-refractivity contribution >= 4 is 41.1 Å². The minimum absolute atomic E-state index is 0.0356. The third-order valence-electron chi connectivity index (χ3n) is 5.61. The van der Waals surface area contributed by atoms with Gasteiger partial charge in [0, 0.05) is 21.2 Å². The second kappa shape index (κ2) is 10.6. The van der Waals surface area contributed by atoms with Crippen molar-refractivity contribution in [2.24, 2.45) is 0 Å². The van der Waals surface area contributed by atoms with E-state index < -0.39 is 11.8 Å². The Kier molecular flexibility index (Phi) is 7.36. The maximum absolute atomic E-state index is 13.2. The first-order chi connectivity index (χ1) is 16.9. The molecule has 1 aliphatic rings. The molecule has 0 unspecified atom stereocenters. The lowest BCUT2D eigenvalue weighted by molar-refractivity contribution is -0.141. The molecule has 0 aliphatic carbocycles. The van der Waals surface area contributed by atoms with Crippen molar-refractivity contribution in [1.29, 1.82) is 5.26 Å². The molecular formula is C28H20Cl2N2O3. The Morgan fingerprint density at radius 2 is 1.69 bits per heavy atom. The topological polar surface area (TPSA) is 70.4 Å². The smallest absolute Gasteiger partial charge is 0.271 e. The normalized spacial score (nSPS) is 14.9. The number of halogens is 2. The molecule has 0 N–H and O–H groups in total. The molecule has 1 aliphatic heterocycles. The highest BCUT2D eigenvalue weighted by Crippen LogP contribution is 2.29. The Balaban J connectivity index is 1.56. The zero-order valence-electron chi connectivity index (χ0n) is 18.8. The fourth-order valence-electron chi connectivity index (χ4n) is 3.67. The van der Waals surface area contributed by atoms with E-state index in [2.05, 4.69) is 0 Å². The molecule has 5 nitrogen and oxygen atoms in total. The largest absolute Gasteiger partial charge is 0.489 e. The molecule has 0 saturated heterocycles. The van der Waals surface area contributed by atoms with Crippen LogP contribution in [0.5, 0.6) is 5.75 Å². The van der Waals surface area contributed by atoms with Crippen LogP contribution in [0.2, 0.25) is 10.0 Å². The van der Waals surface area contributed by atoms with E-state index in [1.54, 1.807) is 49.4 Å². The lowest BCUT2D eigenvalue weighted by atomic mass is 9.93. The second-order valence-corrected chi connectivity index (χ2v) is 8.79. The van der Waals surface area contributed by atoms with E-state index >= 15 is 0 Å². The van der Waals surface area contributed by atoms with Crippen molar-refractivity contribution in [3.8, 4) is 11.8 Å². The molecule has 0 aromatic heterocycles. The fraction of sp³-hybridized carbons (Fsp3) is 0.107. The number of benzene rings is 3. The first kappa shape index (κ1) is 24.3. The van der Waals surface area contributed by atoms with Crippen LogP contribution in [0.3, 0.4) is 0 Å². The molecule has 35 heavy (non-hydrogen) atoms. The molecule has 1 heterocycles. The number of nitriles is 1. The Morgan fingerprint density at radius 3 is 2.34 bits per heavy atom. The SMILES string of the molecule is CC1=C(C#N)C(=O)N(Cc2ccccc2)C(=O)/C1=C/c1ccc(OCc2ccc(Cl)cc2Cl)cc1. The number of carbonyl (C=O) groups is 2. The minimum atomic E-state index is -0.583. The van der Waals surface area contributed by atoms with Gasteiger partial charge in [-0.15, -0.1) is 0 Å². The van der Waals surface area contributed by atoms with Crippen LogP contribution in [0.1, 0.15) is 23.6 Å². The lowest BCUT2D eigenvalue weighted by Crippen LogP contribution is -2.42. The summed E-state index contributed by atoms with van der Waals surface area (Å²) < 4.78 is 5.81. The molecule has 0 radical (unpaired) electrons. The quantitative estimate of drug-likeness (QED) is 0.290. The first-order valence-electron chi connectivity index (χ1n) is 10.8.